The highest BCUT2D eigenvalue weighted by molar-refractivity contribution is 7.15. The van der Waals surface area contributed by atoms with Crippen LogP contribution in [0.4, 0.5) is 0 Å². The summed E-state index contributed by atoms with van der Waals surface area (Å²) in [6.45, 7) is 8.11. The topological polar surface area (TPSA) is 43.6 Å². The van der Waals surface area contributed by atoms with Crippen molar-refractivity contribution in [3.8, 4) is 17.0 Å². The molecular formula is C17H16N2O2S. The molecule has 2 heterocycles. The lowest BCUT2D eigenvalue weighted by atomic mass is 10.1. The largest absolute Gasteiger partial charge is 0.489 e. The normalized spacial score (nSPS) is 10.8. The van der Waals surface area contributed by atoms with Gasteiger partial charge in [-0.3, -0.25) is 9.20 Å². The third kappa shape index (κ3) is 2.55. The molecule has 2 aromatic heterocycles. The second-order valence-electron chi connectivity index (χ2n) is 5.21. The fraction of sp³-hybridized carbons (Fsp3) is 0.176. The smallest absolute Gasteiger partial charge is 0.194 e. The zero-order valence-corrected chi connectivity index (χ0v) is 13.3. The van der Waals surface area contributed by atoms with E-state index in [-0.39, 0.29) is 0 Å². The van der Waals surface area contributed by atoms with Crippen LogP contribution in [0.2, 0.25) is 0 Å². The lowest BCUT2D eigenvalue weighted by Gasteiger charge is -2.07. The van der Waals surface area contributed by atoms with Crippen molar-refractivity contribution in [1.29, 1.82) is 0 Å². The van der Waals surface area contributed by atoms with Gasteiger partial charge in [0.2, 0.25) is 0 Å². The van der Waals surface area contributed by atoms with E-state index in [4.69, 9.17) is 4.74 Å². The Morgan fingerprint density at radius 3 is 2.77 bits per heavy atom. The number of ether oxygens (including phenoxy) is 1. The number of aryl methyl sites for hydroxylation is 1. The quantitative estimate of drug-likeness (QED) is 0.525. The van der Waals surface area contributed by atoms with E-state index in [1.165, 1.54) is 11.3 Å². The Labute approximate surface area is 132 Å². The molecule has 0 radical (unpaired) electrons. The number of carbonyl (C=O) groups is 1. The monoisotopic (exact) mass is 312 g/mol. The molecule has 0 aliphatic heterocycles. The Morgan fingerprint density at radius 1 is 1.41 bits per heavy atom. The zero-order chi connectivity index (χ0) is 15.7. The molecule has 0 unspecified atom stereocenters. The molecule has 0 saturated carbocycles. The number of aromatic nitrogens is 2. The fourth-order valence-corrected chi connectivity index (χ4v) is 3.20. The molecule has 0 saturated heterocycles. The van der Waals surface area contributed by atoms with Gasteiger partial charge < -0.3 is 4.74 Å². The van der Waals surface area contributed by atoms with Crippen molar-refractivity contribution >= 4 is 22.6 Å². The number of rotatable bonds is 5. The number of nitrogens with zero attached hydrogens (tertiary/aromatic N) is 2. The van der Waals surface area contributed by atoms with Gasteiger partial charge >= 0.3 is 0 Å². The van der Waals surface area contributed by atoms with Crippen molar-refractivity contribution < 1.29 is 9.53 Å². The minimum absolute atomic E-state index is 0.512. The standard InChI is InChI=1S/C17H16N2O2S/c1-11(2)9-21-14-6-4-13(5-7-14)16-10-22-17-18-12(3)15(8-20)19(16)17/h4-8,10H,1,9H2,2-3H3. The molecule has 0 N–H and O–H groups in total. The third-order valence-electron chi connectivity index (χ3n) is 3.33. The maximum Gasteiger partial charge on any atom is 0.194 e. The molecule has 5 heteroatoms. The van der Waals surface area contributed by atoms with E-state index in [1.54, 1.807) is 0 Å². The van der Waals surface area contributed by atoms with Crippen LogP contribution in [0.25, 0.3) is 16.2 Å². The van der Waals surface area contributed by atoms with Crippen LogP contribution in [-0.2, 0) is 0 Å². The average molecular weight is 312 g/mol. The summed E-state index contributed by atoms with van der Waals surface area (Å²) < 4.78 is 7.50. The Kier molecular flexibility index (Phi) is 3.81. The summed E-state index contributed by atoms with van der Waals surface area (Å²) in [4.78, 5) is 16.5. The van der Waals surface area contributed by atoms with Crippen molar-refractivity contribution in [1.82, 2.24) is 9.38 Å². The van der Waals surface area contributed by atoms with Gasteiger partial charge in [0.05, 0.1) is 11.4 Å². The predicted octanol–water partition coefficient (Wildman–Crippen LogP) is 4.14. The first-order chi connectivity index (χ1) is 10.6. The van der Waals surface area contributed by atoms with E-state index in [0.717, 1.165) is 39.5 Å². The second-order valence-corrected chi connectivity index (χ2v) is 6.05. The Hall–Kier alpha value is -2.40. The van der Waals surface area contributed by atoms with Crippen LogP contribution in [0, 0.1) is 6.92 Å². The summed E-state index contributed by atoms with van der Waals surface area (Å²) in [6.07, 6.45) is 0.857. The molecule has 0 fully saturated rings. The Balaban J connectivity index is 1.97. The van der Waals surface area contributed by atoms with Crippen LogP contribution in [-0.4, -0.2) is 22.3 Å². The van der Waals surface area contributed by atoms with Gasteiger partial charge in [-0.05, 0) is 49.2 Å². The molecular weight excluding hydrogens is 296 g/mol. The zero-order valence-electron chi connectivity index (χ0n) is 12.5. The molecule has 22 heavy (non-hydrogen) atoms. The fourth-order valence-electron chi connectivity index (χ4n) is 2.25. The molecule has 4 nitrogen and oxygen atoms in total. The van der Waals surface area contributed by atoms with Gasteiger partial charge in [0.1, 0.15) is 18.1 Å². The van der Waals surface area contributed by atoms with Crippen LogP contribution < -0.4 is 4.74 Å². The molecule has 0 aliphatic rings. The molecule has 0 atom stereocenters. The van der Waals surface area contributed by atoms with Crippen molar-refractivity contribution in [2.24, 2.45) is 0 Å². The number of hydrogen-bond donors (Lipinski definition) is 0. The van der Waals surface area contributed by atoms with E-state index in [1.807, 2.05) is 47.9 Å². The SMILES string of the molecule is C=C(C)COc1ccc(-c2csc3nc(C)c(C=O)n23)cc1. The first-order valence-electron chi connectivity index (χ1n) is 6.89. The van der Waals surface area contributed by atoms with Crippen molar-refractivity contribution in [3.63, 3.8) is 0 Å². The molecule has 0 amide bonds. The minimum atomic E-state index is 0.512. The lowest BCUT2D eigenvalue weighted by Crippen LogP contribution is -1.97. The van der Waals surface area contributed by atoms with E-state index in [0.29, 0.717) is 12.3 Å². The lowest BCUT2D eigenvalue weighted by molar-refractivity contribution is 0.111. The van der Waals surface area contributed by atoms with Crippen molar-refractivity contribution in [2.75, 3.05) is 6.61 Å². The van der Waals surface area contributed by atoms with Gasteiger partial charge in [0.15, 0.2) is 11.2 Å². The summed E-state index contributed by atoms with van der Waals surface area (Å²) in [5, 5.41) is 2.01. The molecule has 0 aliphatic carbocycles. The number of aldehydes is 1. The number of imidazole rings is 1. The summed E-state index contributed by atoms with van der Waals surface area (Å²) >= 11 is 1.53. The highest BCUT2D eigenvalue weighted by atomic mass is 32.1. The summed E-state index contributed by atoms with van der Waals surface area (Å²) in [5.41, 5.74) is 4.33. The highest BCUT2D eigenvalue weighted by Gasteiger charge is 2.14. The average Bonchev–Trinajstić information content (AvgIpc) is 3.03. The Morgan fingerprint density at radius 2 is 2.14 bits per heavy atom. The first kappa shape index (κ1) is 14.5. The van der Waals surface area contributed by atoms with Gasteiger partial charge in [-0.1, -0.05) is 6.58 Å². The molecule has 1 aromatic carbocycles. The van der Waals surface area contributed by atoms with E-state index < -0.39 is 0 Å². The van der Waals surface area contributed by atoms with E-state index >= 15 is 0 Å². The minimum Gasteiger partial charge on any atom is -0.489 e. The molecule has 0 bridgehead atoms. The predicted molar refractivity (Wildman–Crippen MR) is 88.9 cm³/mol. The van der Waals surface area contributed by atoms with Gasteiger partial charge in [0, 0.05) is 5.38 Å². The van der Waals surface area contributed by atoms with Crippen LogP contribution in [0.5, 0.6) is 5.75 Å². The van der Waals surface area contributed by atoms with E-state index in [2.05, 4.69) is 11.6 Å². The number of carbonyl (C=O) groups excluding carboxylic acids is 1. The summed E-state index contributed by atoms with van der Waals surface area (Å²) in [5.74, 6) is 0.802. The number of hydrogen-bond acceptors (Lipinski definition) is 4. The molecule has 0 spiro atoms. The summed E-state index contributed by atoms with van der Waals surface area (Å²) in [7, 11) is 0. The van der Waals surface area contributed by atoms with Gasteiger partial charge in [0.25, 0.3) is 0 Å². The first-order valence-corrected chi connectivity index (χ1v) is 7.77. The van der Waals surface area contributed by atoms with E-state index in [9.17, 15) is 4.79 Å². The molecule has 112 valence electrons. The Bertz CT molecular complexity index is 844. The highest BCUT2D eigenvalue weighted by Crippen LogP contribution is 2.29. The van der Waals surface area contributed by atoms with Crippen LogP contribution >= 0.6 is 11.3 Å². The second kappa shape index (κ2) is 5.77. The van der Waals surface area contributed by atoms with Crippen molar-refractivity contribution in [3.05, 3.63) is 53.2 Å². The number of fused-ring (bicyclic) bond motifs is 1. The van der Waals surface area contributed by atoms with Gasteiger partial charge in [-0.15, -0.1) is 11.3 Å². The van der Waals surface area contributed by atoms with Crippen molar-refractivity contribution in [2.45, 2.75) is 13.8 Å². The van der Waals surface area contributed by atoms with Crippen LogP contribution in [0.15, 0.2) is 41.8 Å². The summed E-state index contributed by atoms with van der Waals surface area (Å²) in [6, 6.07) is 7.82. The molecule has 3 rings (SSSR count). The van der Waals surface area contributed by atoms with Crippen LogP contribution in [0.3, 0.4) is 0 Å². The maximum absolute atomic E-state index is 11.3. The number of benzene rings is 1. The number of thiazole rings is 1. The van der Waals surface area contributed by atoms with Gasteiger partial charge in [-0.2, -0.15) is 0 Å². The van der Waals surface area contributed by atoms with Crippen LogP contribution in [0.1, 0.15) is 23.1 Å². The molecule has 3 aromatic rings. The van der Waals surface area contributed by atoms with Gasteiger partial charge in [-0.25, -0.2) is 4.98 Å². The third-order valence-corrected chi connectivity index (χ3v) is 4.16. The maximum atomic E-state index is 11.3.